The van der Waals surface area contributed by atoms with Gasteiger partial charge in [0.05, 0.1) is 5.52 Å². The first kappa shape index (κ1) is 26.1. The molecule has 6 heteroatoms. The maximum atomic E-state index is 14.9. The minimum Gasteiger partial charge on any atom is -0.398 e. The van der Waals surface area contributed by atoms with Crippen LogP contribution in [0, 0.1) is 18.7 Å². The Kier molecular flexibility index (Phi) is 9.85. The predicted octanol–water partition coefficient (Wildman–Crippen LogP) is 6.29. The summed E-state index contributed by atoms with van der Waals surface area (Å²) in [5, 5.41) is 3.27. The van der Waals surface area contributed by atoms with Crippen molar-refractivity contribution in [3.63, 3.8) is 0 Å². The number of nitrogens with zero attached hydrogens (tertiary/aromatic N) is 2. The van der Waals surface area contributed by atoms with Gasteiger partial charge in [0.15, 0.2) is 5.65 Å². The van der Waals surface area contributed by atoms with Gasteiger partial charge in [0.2, 0.25) is 0 Å². The van der Waals surface area contributed by atoms with E-state index in [1.54, 1.807) is 18.3 Å². The number of hydrogen-bond acceptors (Lipinski definition) is 4. The second-order valence-electron chi connectivity index (χ2n) is 7.65. The SMILES string of the molecule is C#C.C=C/C(=C\C(=C/C)c1cc(Cc2nc3ncccc3[nH]2)c(N)cc1F)NC(=C)CCCC. The number of imidazole rings is 1. The average molecular weight is 458 g/mol. The number of aromatic amines is 1. The van der Waals surface area contributed by atoms with Gasteiger partial charge in [0.1, 0.15) is 11.6 Å². The van der Waals surface area contributed by atoms with Gasteiger partial charge in [-0.1, -0.05) is 32.6 Å². The summed E-state index contributed by atoms with van der Waals surface area (Å²) >= 11 is 0. The van der Waals surface area contributed by atoms with Gasteiger partial charge in [-0.25, -0.2) is 14.4 Å². The lowest BCUT2D eigenvalue weighted by Crippen LogP contribution is -2.10. The van der Waals surface area contributed by atoms with Gasteiger partial charge in [-0.3, -0.25) is 0 Å². The van der Waals surface area contributed by atoms with E-state index in [1.165, 1.54) is 6.07 Å². The summed E-state index contributed by atoms with van der Waals surface area (Å²) in [6.07, 6.45) is 18.6. The van der Waals surface area contributed by atoms with E-state index in [2.05, 4.69) is 53.2 Å². The molecule has 0 aliphatic carbocycles. The Balaban J connectivity index is 0.00000199. The van der Waals surface area contributed by atoms with Crippen LogP contribution in [-0.2, 0) is 6.42 Å². The zero-order valence-electron chi connectivity index (χ0n) is 19.9. The molecule has 0 radical (unpaired) electrons. The van der Waals surface area contributed by atoms with Crippen molar-refractivity contribution in [2.45, 2.75) is 39.5 Å². The lowest BCUT2D eigenvalue weighted by Gasteiger charge is -2.13. The smallest absolute Gasteiger partial charge is 0.177 e. The van der Waals surface area contributed by atoms with Gasteiger partial charge in [0.25, 0.3) is 0 Å². The summed E-state index contributed by atoms with van der Waals surface area (Å²) in [5.41, 5.74) is 11.7. The molecule has 4 N–H and O–H groups in total. The molecule has 0 amide bonds. The number of nitrogens with one attached hydrogen (secondary N) is 2. The number of hydrogen-bond donors (Lipinski definition) is 3. The van der Waals surface area contributed by atoms with Crippen molar-refractivity contribution in [2.24, 2.45) is 0 Å². The summed E-state index contributed by atoms with van der Waals surface area (Å²) in [4.78, 5) is 12.0. The number of halogens is 1. The number of nitrogens with two attached hydrogens (primary N) is 1. The third kappa shape index (κ3) is 6.69. The van der Waals surface area contributed by atoms with E-state index in [1.807, 2.05) is 31.2 Å². The van der Waals surface area contributed by atoms with Gasteiger partial charge in [-0.05, 0) is 67.3 Å². The quantitative estimate of drug-likeness (QED) is 0.190. The van der Waals surface area contributed by atoms with Crippen LogP contribution in [-0.4, -0.2) is 15.0 Å². The molecule has 0 spiro atoms. The minimum atomic E-state index is -0.380. The fraction of sp³-hybridized carbons (Fsp3) is 0.214. The van der Waals surface area contributed by atoms with E-state index >= 15 is 0 Å². The Morgan fingerprint density at radius 3 is 2.74 bits per heavy atom. The van der Waals surface area contributed by atoms with Crippen LogP contribution in [0.1, 0.15) is 50.1 Å². The fourth-order valence-corrected chi connectivity index (χ4v) is 3.45. The predicted molar refractivity (Wildman–Crippen MR) is 141 cm³/mol. The van der Waals surface area contributed by atoms with Crippen molar-refractivity contribution in [1.29, 1.82) is 0 Å². The third-order valence-electron chi connectivity index (χ3n) is 5.20. The van der Waals surface area contributed by atoms with Crippen LogP contribution < -0.4 is 11.1 Å². The van der Waals surface area contributed by atoms with Gasteiger partial charge in [-0.2, -0.15) is 0 Å². The number of unbranched alkanes of at least 4 members (excludes halogenated alkanes) is 1. The van der Waals surface area contributed by atoms with Crippen LogP contribution >= 0.6 is 0 Å². The number of anilines is 1. The number of rotatable bonds is 10. The number of H-pyrrole nitrogens is 1. The number of benzene rings is 1. The minimum absolute atomic E-state index is 0.380. The van der Waals surface area contributed by atoms with Gasteiger partial charge in [-0.15, -0.1) is 12.8 Å². The molecule has 3 aromatic rings. The molecule has 0 bridgehead atoms. The molecule has 5 nitrogen and oxygen atoms in total. The van der Waals surface area contributed by atoms with Crippen LogP contribution in [0.15, 0.2) is 73.2 Å². The molecule has 0 saturated heterocycles. The van der Waals surface area contributed by atoms with Gasteiger partial charge >= 0.3 is 0 Å². The van der Waals surface area contributed by atoms with E-state index < -0.39 is 0 Å². The van der Waals surface area contributed by atoms with Gasteiger partial charge < -0.3 is 16.0 Å². The Bertz CT molecular complexity index is 1200. The van der Waals surface area contributed by atoms with Crippen LogP contribution in [0.5, 0.6) is 0 Å². The molecular weight excluding hydrogens is 425 g/mol. The van der Waals surface area contributed by atoms with Crippen LogP contribution in [0.2, 0.25) is 0 Å². The highest BCUT2D eigenvalue weighted by molar-refractivity contribution is 5.77. The van der Waals surface area contributed by atoms with E-state index in [4.69, 9.17) is 5.73 Å². The Morgan fingerprint density at radius 1 is 1.32 bits per heavy atom. The first-order valence-electron chi connectivity index (χ1n) is 11.1. The Hall–Kier alpha value is -4.11. The van der Waals surface area contributed by atoms with Crippen molar-refractivity contribution in [3.05, 3.63) is 96.0 Å². The maximum Gasteiger partial charge on any atom is 0.177 e. The summed E-state index contributed by atoms with van der Waals surface area (Å²) in [7, 11) is 0. The number of fused-ring (bicyclic) bond motifs is 1. The highest BCUT2D eigenvalue weighted by atomic mass is 19.1. The van der Waals surface area contributed by atoms with Crippen molar-refractivity contribution in [1.82, 2.24) is 20.3 Å². The lowest BCUT2D eigenvalue weighted by atomic mass is 9.98. The highest BCUT2D eigenvalue weighted by Gasteiger charge is 2.13. The standard InChI is InChI=1S/C26H30FN5.C2H2/c1-5-8-10-17(4)30-20(7-3)13-18(6-2)21-14-19(23(28)16-22(21)27)15-25-31-24-11-9-12-29-26(24)32-25;1-2/h6-7,9,11-14,16,30H,3-5,8,10,15,28H2,1-2H3,(H,29,31,32);1-2H/b18-6+,20-13+;. The molecule has 0 atom stereocenters. The maximum absolute atomic E-state index is 14.9. The average Bonchev–Trinajstić information content (AvgIpc) is 3.26. The van der Waals surface area contributed by atoms with E-state index in [-0.39, 0.29) is 5.82 Å². The summed E-state index contributed by atoms with van der Waals surface area (Å²) in [6, 6.07) is 6.91. The molecule has 34 heavy (non-hydrogen) atoms. The monoisotopic (exact) mass is 457 g/mol. The zero-order chi connectivity index (χ0) is 25.1. The normalized spacial score (nSPS) is 11.6. The molecule has 2 heterocycles. The number of allylic oxidation sites excluding steroid dienone is 5. The molecule has 0 aliphatic heterocycles. The number of nitrogen functional groups attached to an aromatic ring is 1. The van der Waals surface area contributed by atoms with Gasteiger partial charge in [0, 0.05) is 35.3 Å². The number of terminal acetylenes is 1. The molecule has 0 aliphatic rings. The van der Waals surface area contributed by atoms with Crippen LogP contribution in [0.3, 0.4) is 0 Å². The highest BCUT2D eigenvalue weighted by Crippen LogP contribution is 2.27. The van der Waals surface area contributed by atoms with Crippen molar-refractivity contribution in [3.8, 4) is 12.8 Å². The van der Waals surface area contributed by atoms with Crippen molar-refractivity contribution >= 4 is 22.4 Å². The molecule has 1 aromatic carbocycles. The van der Waals surface area contributed by atoms with E-state index in [0.29, 0.717) is 23.3 Å². The molecule has 0 fully saturated rings. The van der Waals surface area contributed by atoms with Crippen molar-refractivity contribution < 1.29 is 4.39 Å². The number of pyridine rings is 1. The second-order valence-corrected chi connectivity index (χ2v) is 7.65. The first-order chi connectivity index (χ1) is 16.4. The molecule has 0 saturated carbocycles. The topological polar surface area (TPSA) is 79.6 Å². The molecular formula is C28H32FN5. The summed E-state index contributed by atoms with van der Waals surface area (Å²) < 4.78 is 14.9. The van der Waals surface area contributed by atoms with E-state index in [9.17, 15) is 4.39 Å². The molecule has 0 unspecified atom stereocenters. The summed E-state index contributed by atoms with van der Waals surface area (Å²) in [6.45, 7) is 12.0. The summed E-state index contributed by atoms with van der Waals surface area (Å²) in [5.74, 6) is 0.344. The van der Waals surface area contributed by atoms with Crippen LogP contribution in [0.25, 0.3) is 16.7 Å². The van der Waals surface area contributed by atoms with Crippen LogP contribution in [0.4, 0.5) is 10.1 Å². The molecule has 3 rings (SSSR count). The largest absolute Gasteiger partial charge is 0.398 e. The third-order valence-corrected chi connectivity index (χ3v) is 5.20. The second kappa shape index (κ2) is 12.8. The number of aromatic nitrogens is 3. The molecule has 2 aromatic heterocycles. The fourth-order valence-electron chi connectivity index (χ4n) is 3.45. The Morgan fingerprint density at radius 2 is 2.09 bits per heavy atom. The van der Waals surface area contributed by atoms with Crippen molar-refractivity contribution in [2.75, 3.05) is 5.73 Å². The van der Waals surface area contributed by atoms with E-state index in [0.717, 1.165) is 53.1 Å². The Labute approximate surface area is 201 Å². The zero-order valence-corrected chi connectivity index (χ0v) is 19.9. The molecule has 176 valence electrons. The first-order valence-corrected chi connectivity index (χ1v) is 11.1. The lowest BCUT2D eigenvalue weighted by molar-refractivity contribution is 0.624.